The van der Waals surface area contributed by atoms with Gasteiger partial charge in [0.05, 0.1) is 5.54 Å². The molecule has 1 atom stereocenters. The Balaban J connectivity index is 2.66. The predicted octanol–water partition coefficient (Wildman–Crippen LogP) is 2.71. The third-order valence-electron chi connectivity index (χ3n) is 3.00. The minimum atomic E-state index is -0.803. The van der Waals surface area contributed by atoms with Crippen molar-refractivity contribution in [1.82, 2.24) is 0 Å². The maximum atomic E-state index is 11.8. The molecule has 1 rings (SSSR count). The molecule has 3 nitrogen and oxygen atoms in total. The standard InChI is InChI=1S/C14H22N2O/c1-4-6-11-7-9-12(10-8-11)16-13(17)14(3,15)5-2/h7-10H,4-6,15H2,1-3H3,(H,16,17). The fraction of sp³-hybridized carbons (Fsp3) is 0.500. The molecule has 17 heavy (non-hydrogen) atoms. The van der Waals surface area contributed by atoms with Crippen LogP contribution < -0.4 is 11.1 Å². The van der Waals surface area contributed by atoms with Crippen molar-refractivity contribution in [3.63, 3.8) is 0 Å². The molecule has 0 spiro atoms. The van der Waals surface area contributed by atoms with E-state index in [0.29, 0.717) is 6.42 Å². The molecule has 0 radical (unpaired) electrons. The zero-order valence-corrected chi connectivity index (χ0v) is 10.9. The molecular formula is C14H22N2O. The molecule has 1 aromatic carbocycles. The van der Waals surface area contributed by atoms with Crippen molar-refractivity contribution in [3.05, 3.63) is 29.8 Å². The van der Waals surface area contributed by atoms with Crippen LogP contribution >= 0.6 is 0 Å². The number of hydrogen-bond donors (Lipinski definition) is 2. The Labute approximate surface area is 103 Å². The number of nitrogens with one attached hydrogen (secondary N) is 1. The van der Waals surface area contributed by atoms with Crippen LogP contribution in [0.1, 0.15) is 39.2 Å². The second kappa shape index (κ2) is 5.82. The average molecular weight is 234 g/mol. The first-order valence-electron chi connectivity index (χ1n) is 6.19. The molecule has 1 amide bonds. The zero-order valence-electron chi connectivity index (χ0n) is 10.9. The monoisotopic (exact) mass is 234 g/mol. The van der Waals surface area contributed by atoms with E-state index >= 15 is 0 Å². The van der Waals surface area contributed by atoms with Gasteiger partial charge in [-0.3, -0.25) is 4.79 Å². The molecule has 0 aliphatic heterocycles. The molecule has 0 aliphatic rings. The van der Waals surface area contributed by atoms with Crippen molar-refractivity contribution in [3.8, 4) is 0 Å². The van der Waals surface area contributed by atoms with Crippen LogP contribution in [-0.4, -0.2) is 11.4 Å². The lowest BCUT2D eigenvalue weighted by Crippen LogP contribution is -2.47. The number of amides is 1. The molecule has 0 saturated heterocycles. The quantitative estimate of drug-likeness (QED) is 0.823. The van der Waals surface area contributed by atoms with Crippen LogP contribution in [0.4, 0.5) is 5.69 Å². The maximum absolute atomic E-state index is 11.8. The Hall–Kier alpha value is -1.35. The van der Waals surface area contributed by atoms with Gasteiger partial charge in [0.1, 0.15) is 0 Å². The van der Waals surface area contributed by atoms with E-state index in [1.165, 1.54) is 5.56 Å². The minimum absolute atomic E-state index is 0.136. The van der Waals surface area contributed by atoms with E-state index in [9.17, 15) is 4.79 Å². The van der Waals surface area contributed by atoms with Crippen LogP contribution in [0.3, 0.4) is 0 Å². The Kier molecular flexibility index (Phi) is 4.70. The van der Waals surface area contributed by atoms with Gasteiger partial charge in [-0.15, -0.1) is 0 Å². The molecule has 94 valence electrons. The van der Waals surface area contributed by atoms with E-state index in [0.717, 1.165) is 18.5 Å². The van der Waals surface area contributed by atoms with Gasteiger partial charge in [0.15, 0.2) is 0 Å². The van der Waals surface area contributed by atoms with Crippen LogP contribution in [-0.2, 0) is 11.2 Å². The highest BCUT2D eigenvalue weighted by molar-refractivity contribution is 5.97. The van der Waals surface area contributed by atoms with E-state index in [1.54, 1.807) is 6.92 Å². The first kappa shape index (κ1) is 13.7. The van der Waals surface area contributed by atoms with Crippen molar-refractivity contribution < 1.29 is 4.79 Å². The van der Waals surface area contributed by atoms with E-state index in [1.807, 2.05) is 31.2 Å². The van der Waals surface area contributed by atoms with Crippen LogP contribution in [0.5, 0.6) is 0 Å². The van der Waals surface area contributed by atoms with Gasteiger partial charge in [0.2, 0.25) is 5.91 Å². The topological polar surface area (TPSA) is 55.1 Å². The molecule has 3 N–H and O–H groups in total. The van der Waals surface area contributed by atoms with Gasteiger partial charge < -0.3 is 11.1 Å². The third kappa shape index (κ3) is 3.86. The van der Waals surface area contributed by atoms with Gasteiger partial charge in [0.25, 0.3) is 0 Å². The predicted molar refractivity (Wildman–Crippen MR) is 72.0 cm³/mol. The lowest BCUT2D eigenvalue weighted by atomic mass is 9.99. The number of aryl methyl sites for hydroxylation is 1. The van der Waals surface area contributed by atoms with Crippen molar-refractivity contribution in [2.24, 2.45) is 5.73 Å². The normalized spacial score (nSPS) is 14.1. The fourth-order valence-electron chi connectivity index (χ4n) is 1.48. The molecule has 0 bridgehead atoms. The Morgan fingerprint density at radius 1 is 1.29 bits per heavy atom. The third-order valence-corrected chi connectivity index (χ3v) is 3.00. The number of hydrogen-bond acceptors (Lipinski definition) is 2. The number of carbonyl (C=O) groups excluding carboxylic acids is 1. The fourth-order valence-corrected chi connectivity index (χ4v) is 1.48. The van der Waals surface area contributed by atoms with Crippen LogP contribution in [0.2, 0.25) is 0 Å². The smallest absolute Gasteiger partial charge is 0.244 e. The SMILES string of the molecule is CCCc1ccc(NC(=O)C(C)(N)CC)cc1. The summed E-state index contributed by atoms with van der Waals surface area (Å²) in [7, 11) is 0. The Morgan fingerprint density at radius 2 is 1.88 bits per heavy atom. The van der Waals surface area contributed by atoms with Crippen molar-refractivity contribution in [2.75, 3.05) is 5.32 Å². The summed E-state index contributed by atoms with van der Waals surface area (Å²) in [6, 6.07) is 7.93. The van der Waals surface area contributed by atoms with Crippen LogP contribution in [0, 0.1) is 0 Å². The summed E-state index contributed by atoms with van der Waals surface area (Å²) in [5.74, 6) is -0.136. The number of nitrogens with two attached hydrogens (primary N) is 1. The first-order valence-corrected chi connectivity index (χ1v) is 6.19. The highest BCUT2D eigenvalue weighted by Crippen LogP contribution is 2.14. The molecule has 0 aromatic heterocycles. The molecule has 0 fully saturated rings. The molecule has 0 aliphatic carbocycles. The molecule has 3 heteroatoms. The van der Waals surface area contributed by atoms with E-state index < -0.39 is 5.54 Å². The van der Waals surface area contributed by atoms with Gasteiger partial charge in [-0.25, -0.2) is 0 Å². The van der Waals surface area contributed by atoms with Crippen molar-refractivity contribution in [2.45, 2.75) is 45.6 Å². The summed E-state index contributed by atoms with van der Waals surface area (Å²) in [5, 5.41) is 2.84. The highest BCUT2D eigenvalue weighted by Gasteiger charge is 2.25. The van der Waals surface area contributed by atoms with Gasteiger partial charge >= 0.3 is 0 Å². The van der Waals surface area contributed by atoms with Gasteiger partial charge in [-0.05, 0) is 37.5 Å². The Morgan fingerprint density at radius 3 is 2.35 bits per heavy atom. The van der Waals surface area contributed by atoms with Crippen LogP contribution in [0.15, 0.2) is 24.3 Å². The second-order valence-electron chi connectivity index (χ2n) is 4.67. The van der Waals surface area contributed by atoms with Gasteiger partial charge in [0, 0.05) is 5.69 Å². The average Bonchev–Trinajstić information content (AvgIpc) is 2.32. The summed E-state index contributed by atoms with van der Waals surface area (Å²) >= 11 is 0. The summed E-state index contributed by atoms with van der Waals surface area (Å²) in [6.07, 6.45) is 2.81. The molecule has 0 saturated carbocycles. The number of benzene rings is 1. The summed E-state index contributed by atoms with van der Waals surface area (Å²) in [5.41, 5.74) is 7.16. The van der Waals surface area contributed by atoms with E-state index in [2.05, 4.69) is 12.2 Å². The first-order chi connectivity index (χ1) is 7.99. The zero-order chi connectivity index (χ0) is 12.9. The summed E-state index contributed by atoms with van der Waals surface area (Å²) in [6.45, 7) is 5.80. The molecule has 0 heterocycles. The Bertz CT molecular complexity index is 368. The van der Waals surface area contributed by atoms with Gasteiger partial charge in [-0.2, -0.15) is 0 Å². The number of anilines is 1. The largest absolute Gasteiger partial charge is 0.325 e. The van der Waals surface area contributed by atoms with E-state index in [4.69, 9.17) is 5.73 Å². The maximum Gasteiger partial charge on any atom is 0.244 e. The summed E-state index contributed by atoms with van der Waals surface area (Å²) in [4.78, 5) is 11.8. The van der Waals surface area contributed by atoms with Crippen molar-refractivity contribution >= 4 is 11.6 Å². The number of carbonyl (C=O) groups is 1. The molecule has 1 unspecified atom stereocenters. The highest BCUT2D eigenvalue weighted by atomic mass is 16.2. The van der Waals surface area contributed by atoms with Gasteiger partial charge in [-0.1, -0.05) is 32.4 Å². The molecular weight excluding hydrogens is 212 g/mol. The number of rotatable bonds is 5. The second-order valence-corrected chi connectivity index (χ2v) is 4.67. The molecule has 1 aromatic rings. The lowest BCUT2D eigenvalue weighted by Gasteiger charge is -2.21. The van der Waals surface area contributed by atoms with E-state index in [-0.39, 0.29) is 5.91 Å². The van der Waals surface area contributed by atoms with Crippen molar-refractivity contribution in [1.29, 1.82) is 0 Å². The lowest BCUT2D eigenvalue weighted by molar-refractivity contribution is -0.120. The minimum Gasteiger partial charge on any atom is -0.325 e. The van der Waals surface area contributed by atoms with Crippen LogP contribution in [0.25, 0.3) is 0 Å². The summed E-state index contributed by atoms with van der Waals surface area (Å²) < 4.78 is 0.